The molecule has 0 spiro atoms. The maximum Gasteiger partial charge on any atom is 0.226 e. The first-order valence-electron chi connectivity index (χ1n) is 5.55. The van der Waals surface area contributed by atoms with Gasteiger partial charge in [0.2, 0.25) is 17.7 Å². The van der Waals surface area contributed by atoms with Gasteiger partial charge in [0.1, 0.15) is 6.61 Å². The SMILES string of the molecule is COc1nc(N)nc(OCc2ccccc2)c1C. The van der Waals surface area contributed by atoms with Crippen molar-refractivity contribution in [2.45, 2.75) is 13.5 Å². The third-order valence-corrected chi connectivity index (χ3v) is 2.49. The van der Waals surface area contributed by atoms with Gasteiger partial charge in [0.05, 0.1) is 12.7 Å². The summed E-state index contributed by atoms with van der Waals surface area (Å²) in [6.45, 7) is 2.26. The van der Waals surface area contributed by atoms with Crippen LogP contribution in [0, 0.1) is 6.92 Å². The highest BCUT2D eigenvalue weighted by Crippen LogP contribution is 2.24. The average Bonchev–Trinajstić information content (AvgIpc) is 2.40. The lowest BCUT2D eigenvalue weighted by molar-refractivity contribution is 0.287. The molecule has 0 aliphatic carbocycles. The van der Waals surface area contributed by atoms with Crippen molar-refractivity contribution in [1.82, 2.24) is 9.97 Å². The molecule has 0 saturated heterocycles. The summed E-state index contributed by atoms with van der Waals surface area (Å²) in [4.78, 5) is 8.03. The largest absolute Gasteiger partial charge is 0.481 e. The fourth-order valence-corrected chi connectivity index (χ4v) is 1.56. The summed E-state index contributed by atoms with van der Waals surface area (Å²) in [5.74, 6) is 1.02. The zero-order valence-corrected chi connectivity index (χ0v) is 10.4. The summed E-state index contributed by atoms with van der Waals surface area (Å²) in [5.41, 5.74) is 7.39. The molecule has 0 fully saturated rings. The Balaban J connectivity index is 2.17. The Morgan fingerprint density at radius 3 is 2.44 bits per heavy atom. The first-order valence-corrected chi connectivity index (χ1v) is 5.55. The van der Waals surface area contributed by atoms with Crippen LogP contribution in [0.15, 0.2) is 30.3 Å². The van der Waals surface area contributed by atoms with Gasteiger partial charge < -0.3 is 15.2 Å². The molecule has 94 valence electrons. The van der Waals surface area contributed by atoms with Crippen molar-refractivity contribution in [2.24, 2.45) is 0 Å². The molecule has 5 nitrogen and oxygen atoms in total. The van der Waals surface area contributed by atoms with Gasteiger partial charge >= 0.3 is 0 Å². The Labute approximate surface area is 106 Å². The highest BCUT2D eigenvalue weighted by atomic mass is 16.5. The van der Waals surface area contributed by atoms with Crippen molar-refractivity contribution >= 4 is 5.95 Å². The number of ether oxygens (including phenoxy) is 2. The van der Waals surface area contributed by atoms with E-state index >= 15 is 0 Å². The van der Waals surface area contributed by atoms with Crippen LogP contribution in [0.25, 0.3) is 0 Å². The van der Waals surface area contributed by atoms with Crippen LogP contribution in [0.1, 0.15) is 11.1 Å². The molecule has 0 bridgehead atoms. The summed E-state index contributed by atoms with van der Waals surface area (Å²) >= 11 is 0. The van der Waals surface area contributed by atoms with E-state index in [0.29, 0.717) is 18.4 Å². The second kappa shape index (κ2) is 5.35. The van der Waals surface area contributed by atoms with Crippen molar-refractivity contribution in [1.29, 1.82) is 0 Å². The number of methoxy groups -OCH3 is 1. The topological polar surface area (TPSA) is 70.3 Å². The van der Waals surface area contributed by atoms with Gasteiger partial charge in [0.25, 0.3) is 0 Å². The maximum absolute atomic E-state index is 5.64. The zero-order chi connectivity index (χ0) is 13.0. The minimum atomic E-state index is 0.139. The molecule has 0 unspecified atom stereocenters. The number of aromatic nitrogens is 2. The number of rotatable bonds is 4. The fourth-order valence-electron chi connectivity index (χ4n) is 1.56. The van der Waals surface area contributed by atoms with Crippen molar-refractivity contribution in [3.63, 3.8) is 0 Å². The maximum atomic E-state index is 5.64. The van der Waals surface area contributed by atoms with Gasteiger partial charge in [0, 0.05) is 0 Å². The van der Waals surface area contributed by atoms with Gasteiger partial charge in [0.15, 0.2) is 0 Å². The molecule has 0 amide bonds. The molecule has 0 saturated carbocycles. The number of hydrogen-bond acceptors (Lipinski definition) is 5. The Hall–Kier alpha value is -2.30. The highest BCUT2D eigenvalue weighted by molar-refractivity contribution is 5.39. The van der Waals surface area contributed by atoms with Gasteiger partial charge in [-0.1, -0.05) is 30.3 Å². The Morgan fingerprint density at radius 1 is 1.11 bits per heavy atom. The van der Waals surface area contributed by atoms with Gasteiger partial charge in [-0.25, -0.2) is 0 Å². The summed E-state index contributed by atoms with van der Waals surface area (Å²) in [7, 11) is 1.54. The molecule has 18 heavy (non-hydrogen) atoms. The molecule has 5 heteroatoms. The van der Waals surface area contributed by atoms with Crippen molar-refractivity contribution in [3.05, 3.63) is 41.5 Å². The fraction of sp³-hybridized carbons (Fsp3) is 0.231. The van der Waals surface area contributed by atoms with E-state index in [1.54, 1.807) is 0 Å². The Bertz CT molecular complexity index is 529. The summed E-state index contributed by atoms with van der Waals surface area (Å²) in [6, 6.07) is 9.84. The van der Waals surface area contributed by atoms with Crippen LogP contribution < -0.4 is 15.2 Å². The lowest BCUT2D eigenvalue weighted by Gasteiger charge is -2.11. The van der Waals surface area contributed by atoms with E-state index < -0.39 is 0 Å². The molecule has 1 aromatic carbocycles. The third kappa shape index (κ3) is 2.68. The Morgan fingerprint density at radius 2 is 1.78 bits per heavy atom. The number of nitrogen functional groups attached to an aromatic ring is 1. The molecule has 0 atom stereocenters. The minimum Gasteiger partial charge on any atom is -0.481 e. The quantitative estimate of drug-likeness (QED) is 0.891. The number of anilines is 1. The van der Waals surface area contributed by atoms with E-state index in [2.05, 4.69) is 9.97 Å². The van der Waals surface area contributed by atoms with E-state index in [1.165, 1.54) is 7.11 Å². The van der Waals surface area contributed by atoms with Crippen LogP contribution in [-0.2, 0) is 6.61 Å². The molecule has 0 aliphatic heterocycles. The molecule has 1 aromatic heterocycles. The van der Waals surface area contributed by atoms with Gasteiger partial charge in [-0.3, -0.25) is 0 Å². The predicted molar refractivity (Wildman–Crippen MR) is 68.5 cm³/mol. The van der Waals surface area contributed by atoms with E-state index in [1.807, 2.05) is 37.3 Å². The lowest BCUT2D eigenvalue weighted by Crippen LogP contribution is -2.05. The van der Waals surface area contributed by atoms with E-state index in [-0.39, 0.29) is 5.95 Å². The lowest BCUT2D eigenvalue weighted by atomic mass is 10.2. The first kappa shape index (κ1) is 12.2. The molecule has 1 heterocycles. The highest BCUT2D eigenvalue weighted by Gasteiger charge is 2.11. The van der Waals surface area contributed by atoms with E-state index in [0.717, 1.165) is 11.1 Å². The van der Waals surface area contributed by atoms with Crippen molar-refractivity contribution in [3.8, 4) is 11.8 Å². The monoisotopic (exact) mass is 245 g/mol. The average molecular weight is 245 g/mol. The normalized spacial score (nSPS) is 10.1. The predicted octanol–water partition coefficient (Wildman–Crippen LogP) is 1.95. The van der Waals surface area contributed by atoms with Gasteiger partial charge in [-0.15, -0.1) is 0 Å². The molecule has 2 rings (SSSR count). The smallest absolute Gasteiger partial charge is 0.226 e. The third-order valence-electron chi connectivity index (χ3n) is 2.49. The van der Waals surface area contributed by atoms with E-state index in [4.69, 9.17) is 15.2 Å². The molecule has 0 aliphatic rings. The van der Waals surface area contributed by atoms with Crippen LogP contribution in [-0.4, -0.2) is 17.1 Å². The van der Waals surface area contributed by atoms with Crippen LogP contribution in [0.2, 0.25) is 0 Å². The first-order chi connectivity index (χ1) is 8.70. The molecule has 2 aromatic rings. The Kier molecular flexibility index (Phi) is 3.62. The van der Waals surface area contributed by atoms with E-state index in [9.17, 15) is 0 Å². The minimum absolute atomic E-state index is 0.139. The standard InChI is InChI=1S/C13H15N3O2/c1-9-11(17-2)15-13(14)16-12(9)18-8-10-6-4-3-5-7-10/h3-7H,8H2,1-2H3,(H2,14,15,16). The number of hydrogen-bond donors (Lipinski definition) is 1. The molecule has 0 radical (unpaired) electrons. The van der Waals surface area contributed by atoms with Gasteiger partial charge in [-0.2, -0.15) is 9.97 Å². The van der Waals surface area contributed by atoms with Gasteiger partial charge in [-0.05, 0) is 12.5 Å². The zero-order valence-electron chi connectivity index (χ0n) is 10.4. The number of benzene rings is 1. The summed E-state index contributed by atoms with van der Waals surface area (Å²) in [6.07, 6.45) is 0. The number of nitrogens with zero attached hydrogens (tertiary/aromatic N) is 2. The molecular weight excluding hydrogens is 230 g/mol. The summed E-state index contributed by atoms with van der Waals surface area (Å²) in [5, 5.41) is 0. The van der Waals surface area contributed by atoms with Crippen LogP contribution in [0.5, 0.6) is 11.8 Å². The molecular formula is C13H15N3O2. The number of nitrogens with two attached hydrogens (primary N) is 1. The van der Waals surface area contributed by atoms with Crippen LogP contribution >= 0.6 is 0 Å². The van der Waals surface area contributed by atoms with Crippen molar-refractivity contribution < 1.29 is 9.47 Å². The molecule has 2 N–H and O–H groups in total. The summed E-state index contributed by atoms with van der Waals surface area (Å²) < 4.78 is 10.7. The van der Waals surface area contributed by atoms with Crippen LogP contribution in [0.4, 0.5) is 5.95 Å². The second-order valence-electron chi connectivity index (χ2n) is 3.80. The van der Waals surface area contributed by atoms with Crippen molar-refractivity contribution in [2.75, 3.05) is 12.8 Å². The second-order valence-corrected chi connectivity index (χ2v) is 3.80. The van der Waals surface area contributed by atoms with Crippen LogP contribution in [0.3, 0.4) is 0 Å².